The van der Waals surface area contributed by atoms with E-state index in [-0.39, 0.29) is 5.78 Å². The van der Waals surface area contributed by atoms with Crippen LogP contribution in [-0.2, 0) is 0 Å². The van der Waals surface area contributed by atoms with Gasteiger partial charge in [-0.05, 0) is 30.3 Å². The van der Waals surface area contributed by atoms with Gasteiger partial charge in [-0.3, -0.25) is 4.79 Å². The molecule has 2 aromatic carbocycles. The number of halogens is 2. The third-order valence-corrected chi connectivity index (χ3v) is 4.04. The second kappa shape index (κ2) is 5.36. The zero-order valence-corrected chi connectivity index (χ0v) is 13.0. The van der Waals surface area contributed by atoms with Crippen molar-refractivity contribution < 1.29 is 4.79 Å². The molecule has 0 fully saturated rings. The Morgan fingerprint density at radius 2 is 2.00 bits per heavy atom. The van der Waals surface area contributed by atoms with Crippen LogP contribution in [0.5, 0.6) is 0 Å². The van der Waals surface area contributed by atoms with Gasteiger partial charge in [0, 0.05) is 32.7 Å². The first-order chi connectivity index (χ1) is 10.1. The van der Waals surface area contributed by atoms with Crippen molar-refractivity contribution in [2.45, 2.75) is 0 Å². The minimum atomic E-state index is -0.150. The molecule has 0 aliphatic carbocycles. The van der Waals surface area contributed by atoms with Crippen molar-refractivity contribution in [2.24, 2.45) is 0 Å². The third-order valence-electron chi connectivity index (χ3n) is 3.23. The zero-order valence-electron chi connectivity index (χ0n) is 10.7. The van der Waals surface area contributed by atoms with Gasteiger partial charge >= 0.3 is 0 Å². The topological polar surface area (TPSA) is 56.6 Å². The van der Waals surface area contributed by atoms with Gasteiger partial charge in [0.25, 0.3) is 0 Å². The van der Waals surface area contributed by atoms with Gasteiger partial charge in [-0.1, -0.05) is 33.6 Å². The van der Waals surface area contributed by atoms with Crippen LogP contribution in [0, 0.1) is 11.3 Å². The lowest BCUT2D eigenvalue weighted by molar-refractivity contribution is 0.104. The van der Waals surface area contributed by atoms with E-state index in [0.29, 0.717) is 21.7 Å². The lowest BCUT2D eigenvalue weighted by Crippen LogP contribution is -2.01. The molecule has 0 spiro atoms. The Kier molecular flexibility index (Phi) is 3.54. The summed E-state index contributed by atoms with van der Waals surface area (Å²) < 4.78 is 0.821. The predicted molar refractivity (Wildman–Crippen MR) is 85.6 cm³/mol. The highest BCUT2D eigenvalue weighted by molar-refractivity contribution is 9.10. The van der Waals surface area contributed by atoms with Crippen LogP contribution in [0.2, 0.25) is 5.02 Å². The molecule has 3 rings (SSSR count). The van der Waals surface area contributed by atoms with Crippen LogP contribution in [-0.4, -0.2) is 10.8 Å². The normalized spacial score (nSPS) is 10.5. The standard InChI is InChI=1S/C16H8BrClN2O/c17-10-2-4-12(14(18)6-10)16(21)13-8-20-15-5-9(7-19)1-3-11(13)15/h1-6,8,20H. The maximum Gasteiger partial charge on any atom is 0.196 e. The molecule has 0 atom stereocenters. The number of nitrogens with zero attached hydrogens (tertiary/aromatic N) is 1. The number of benzene rings is 2. The van der Waals surface area contributed by atoms with E-state index in [9.17, 15) is 4.79 Å². The number of rotatable bonds is 2. The van der Waals surface area contributed by atoms with Gasteiger partial charge < -0.3 is 4.98 Å². The molecule has 21 heavy (non-hydrogen) atoms. The maximum atomic E-state index is 12.6. The quantitative estimate of drug-likeness (QED) is 0.675. The Morgan fingerprint density at radius 3 is 2.71 bits per heavy atom. The highest BCUT2D eigenvalue weighted by Gasteiger charge is 2.17. The number of H-pyrrole nitrogens is 1. The molecule has 0 saturated heterocycles. The van der Waals surface area contributed by atoms with Crippen molar-refractivity contribution in [3.63, 3.8) is 0 Å². The second-order valence-corrected chi connectivity index (χ2v) is 5.85. The van der Waals surface area contributed by atoms with E-state index in [2.05, 4.69) is 27.0 Å². The fraction of sp³-hybridized carbons (Fsp3) is 0. The second-order valence-electron chi connectivity index (χ2n) is 4.53. The lowest BCUT2D eigenvalue weighted by atomic mass is 10.0. The number of aromatic nitrogens is 1. The first-order valence-electron chi connectivity index (χ1n) is 6.11. The molecule has 0 amide bonds. The van der Waals surface area contributed by atoms with Crippen molar-refractivity contribution in [1.29, 1.82) is 5.26 Å². The van der Waals surface area contributed by atoms with Gasteiger partial charge in [0.1, 0.15) is 0 Å². The van der Waals surface area contributed by atoms with E-state index in [4.69, 9.17) is 16.9 Å². The molecule has 0 saturated carbocycles. The highest BCUT2D eigenvalue weighted by Crippen LogP contribution is 2.27. The number of hydrogen-bond donors (Lipinski definition) is 1. The predicted octanol–water partition coefficient (Wildman–Crippen LogP) is 4.69. The summed E-state index contributed by atoms with van der Waals surface area (Å²) in [5.74, 6) is -0.150. The number of nitriles is 1. The van der Waals surface area contributed by atoms with Crippen LogP contribution >= 0.6 is 27.5 Å². The van der Waals surface area contributed by atoms with E-state index >= 15 is 0 Å². The summed E-state index contributed by atoms with van der Waals surface area (Å²) in [6.45, 7) is 0. The molecule has 0 aliphatic heterocycles. The van der Waals surface area contributed by atoms with E-state index in [1.165, 1.54) is 0 Å². The summed E-state index contributed by atoms with van der Waals surface area (Å²) in [6, 6.07) is 12.4. The Morgan fingerprint density at radius 1 is 1.19 bits per heavy atom. The molecule has 1 aromatic heterocycles. The Hall–Kier alpha value is -2.09. The Bertz CT molecular complexity index is 908. The summed E-state index contributed by atoms with van der Waals surface area (Å²) in [6.07, 6.45) is 1.65. The SMILES string of the molecule is N#Cc1ccc2c(C(=O)c3ccc(Br)cc3Cl)c[nH]c2c1. The molecule has 0 bridgehead atoms. The van der Waals surface area contributed by atoms with Crippen LogP contribution in [0.1, 0.15) is 21.5 Å². The van der Waals surface area contributed by atoms with Crippen molar-refractivity contribution in [2.75, 3.05) is 0 Å². The van der Waals surface area contributed by atoms with E-state index in [1.54, 1.807) is 42.6 Å². The third kappa shape index (κ3) is 2.46. The van der Waals surface area contributed by atoms with Gasteiger partial charge in [0.15, 0.2) is 5.78 Å². The molecule has 102 valence electrons. The van der Waals surface area contributed by atoms with Gasteiger partial charge in [-0.25, -0.2) is 0 Å². The largest absolute Gasteiger partial charge is 0.360 e. The summed E-state index contributed by atoms with van der Waals surface area (Å²) in [4.78, 5) is 15.6. The summed E-state index contributed by atoms with van der Waals surface area (Å²) in [5.41, 5.74) is 2.29. The van der Waals surface area contributed by atoms with Gasteiger partial charge in [-0.15, -0.1) is 0 Å². The molecule has 3 aromatic rings. The minimum Gasteiger partial charge on any atom is -0.360 e. The summed E-state index contributed by atoms with van der Waals surface area (Å²) in [5, 5.41) is 10.1. The number of hydrogen-bond acceptors (Lipinski definition) is 2. The average molecular weight is 360 g/mol. The Labute approximate surface area is 134 Å². The van der Waals surface area contributed by atoms with Gasteiger partial charge in [0.05, 0.1) is 16.7 Å². The molecule has 3 nitrogen and oxygen atoms in total. The molecular formula is C16H8BrClN2O. The molecule has 1 heterocycles. The van der Waals surface area contributed by atoms with E-state index in [0.717, 1.165) is 15.4 Å². The zero-order chi connectivity index (χ0) is 15.0. The van der Waals surface area contributed by atoms with Crippen LogP contribution < -0.4 is 0 Å². The molecule has 0 unspecified atom stereocenters. The minimum absolute atomic E-state index is 0.150. The van der Waals surface area contributed by atoms with E-state index < -0.39 is 0 Å². The van der Waals surface area contributed by atoms with Crippen molar-refractivity contribution >= 4 is 44.2 Å². The number of aromatic amines is 1. The number of carbonyl (C=O) groups is 1. The van der Waals surface area contributed by atoms with E-state index in [1.807, 2.05) is 0 Å². The fourth-order valence-corrected chi connectivity index (χ4v) is 2.96. The monoisotopic (exact) mass is 358 g/mol. The van der Waals surface area contributed by atoms with Crippen LogP contribution in [0.15, 0.2) is 47.1 Å². The van der Waals surface area contributed by atoms with Crippen LogP contribution in [0.25, 0.3) is 10.9 Å². The van der Waals surface area contributed by atoms with Gasteiger partial charge in [0.2, 0.25) is 0 Å². The molecule has 5 heteroatoms. The molecule has 0 aliphatic rings. The number of carbonyl (C=O) groups excluding carboxylic acids is 1. The van der Waals surface area contributed by atoms with Crippen molar-refractivity contribution in [1.82, 2.24) is 4.98 Å². The number of ketones is 1. The summed E-state index contributed by atoms with van der Waals surface area (Å²) in [7, 11) is 0. The maximum absolute atomic E-state index is 12.6. The highest BCUT2D eigenvalue weighted by atomic mass is 79.9. The first-order valence-corrected chi connectivity index (χ1v) is 7.28. The van der Waals surface area contributed by atoms with Crippen molar-refractivity contribution in [3.05, 3.63) is 68.8 Å². The average Bonchev–Trinajstić information content (AvgIpc) is 2.89. The van der Waals surface area contributed by atoms with Gasteiger partial charge in [-0.2, -0.15) is 5.26 Å². The molecule has 1 N–H and O–H groups in total. The van der Waals surface area contributed by atoms with Crippen LogP contribution in [0.3, 0.4) is 0 Å². The first kappa shape index (κ1) is 13.9. The van der Waals surface area contributed by atoms with Crippen molar-refractivity contribution in [3.8, 4) is 6.07 Å². The molecule has 0 radical (unpaired) electrons. The Balaban J connectivity index is 2.12. The fourth-order valence-electron chi connectivity index (χ4n) is 2.20. The molecular weight excluding hydrogens is 352 g/mol. The number of nitrogens with one attached hydrogen (secondary N) is 1. The number of fused-ring (bicyclic) bond motifs is 1. The summed E-state index contributed by atoms with van der Waals surface area (Å²) >= 11 is 9.45. The lowest BCUT2D eigenvalue weighted by Gasteiger charge is -2.03. The van der Waals surface area contributed by atoms with Crippen LogP contribution in [0.4, 0.5) is 0 Å². The smallest absolute Gasteiger partial charge is 0.196 e.